The third kappa shape index (κ3) is 3.46. The van der Waals surface area contributed by atoms with Gasteiger partial charge in [0, 0.05) is 19.3 Å². The number of hydrogen-bond acceptors (Lipinski definition) is 5. The summed E-state index contributed by atoms with van der Waals surface area (Å²) in [5.74, 6) is -1.76. The number of carbonyl (C=O) groups excluding carboxylic acids is 1. The molecule has 0 atom stereocenters. The summed E-state index contributed by atoms with van der Waals surface area (Å²) in [4.78, 5) is 36.2. The Labute approximate surface area is 126 Å². The molecule has 22 heavy (non-hydrogen) atoms. The Morgan fingerprint density at radius 2 is 2.05 bits per heavy atom. The first-order valence-corrected chi connectivity index (χ1v) is 6.60. The number of amides is 1. The van der Waals surface area contributed by atoms with Gasteiger partial charge in [0.1, 0.15) is 12.3 Å². The van der Waals surface area contributed by atoms with Gasteiger partial charge in [-0.15, -0.1) is 0 Å². The average Bonchev–Trinajstić information content (AvgIpc) is 2.46. The van der Waals surface area contributed by atoms with E-state index in [-0.39, 0.29) is 32.0 Å². The van der Waals surface area contributed by atoms with E-state index in [1.54, 1.807) is 25.2 Å². The third-order valence-electron chi connectivity index (χ3n) is 3.32. The first kappa shape index (κ1) is 15.6. The molecule has 1 amide bonds. The van der Waals surface area contributed by atoms with Crippen LogP contribution in [-0.2, 0) is 14.4 Å². The lowest BCUT2D eigenvalue weighted by molar-refractivity contribution is -0.138. The molecule has 0 bridgehead atoms. The van der Waals surface area contributed by atoms with Crippen molar-refractivity contribution in [1.82, 2.24) is 0 Å². The molecule has 118 valence electrons. The SMILES string of the molecule is CN1C(=O)COc2ccc(N(CCC(=O)O)CC(=O)O)cc21. The van der Waals surface area contributed by atoms with Crippen molar-refractivity contribution in [2.75, 3.05) is 36.5 Å². The second-order valence-electron chi connectivity index (χ2n) is 4.85. The molecule has 2 rings (SSSR count). The number of anilines is 2. The van der Waals surface area contributed by atoms with Gasteiger partial charge in [0.05, 0.1) is 12.1 Å². The fourth-order valence-electron chi connectivity index (χ4n) is 2.15. The fraction of sp³-hybridized carbons (Fsp3) is 0.357. The molecule has 1 aliphatic heterocycles. The van der Waals surface area contributed by atoms with Crippen LogP contribution in [0, 0.1) is 0 Å². The summed E-state index contributed by atoms with van der Waals surface area (Å²) in [5, 5.41) is 17.7. The van der Waals surface area contributed by atoms with Gasteiger partial charge >= 0.3 is 11.9 Å². The summed E-state index contributed by atoms with van der Waals surface area (Å²) in [6.45, 7) is -0.315. The number of benzene rings is 1. The van der Waals surface area contributed by atoms with E-state index in [1.807, 2.05) is 0 Å². The van der Waals surface area contributed by atoms with Gasteiger partial charge in [-0.1, -0.05) is 0 Å². The molecule has 0 saturated carbocycles. The lowest BCUT2D eigenvalue weighted by Crippen LogP contribution is -2.36. The Morgan fingerprint density at radius 1 is 1.32 bits per heavy atom. The summed E-state index contributed by atoms with van der Waals surface area (Å²) < 4.78 is 5.30. The van der Waals surface area contributed by atoms with Crippen LogP contribution in [-0.4, -0.2) is 54.8 Å². The number of carbonyl (C=O) groups is 3. The van der Waals surface area contributed by atoms with Gasteiger partial charge in [-0.2, -0.15) is 0 Å². The van der Waals surface area contributed by atoms with Crippen molar-refractivity contribution in [2.45, 2.75) is 6.42 Å². The summed E-state index contributed by atoms with van der Waals surface area (Å²) in [7, 11) is 1.60. The predicted molar refractivity (Wildman–Crippen MR) is 77.4 cm³/mol. The zero-order valence-electron chi connectivity index (χ0n) is 12.0. The van der Waals surface area contributed by atoms with E-state index < -0.39 is 11.9 Å². The predicted octanol–water partition coefficient (Wildman–Crippen LogP) is 0.408. The molecule has 0 spiro atoms. The Bertz CT molecular complexity index is 615. The number of rotatable bonds is 6. The van der Waals surface area contributed by atoms with Crippen molar-refractivity contribution in [2.24, 2.45) is 0 Å². The number of ether oxygens (including phenoxy) is 1. The van der Waals surface area contributed by atoms with Crippen LogP contribution >= 0.6 is 0 Å². The van der Waals surface area contributed by atoms with Crippen molar-refractivity contribution < 1.29 is 29.3 Å². The largest absolute Gasteiger partial charge is 0.482 e. The summed E-state index contributed by atoms with van der Waals surface area (Å²) in [6, 6.07) is 4.91. The van der Waals surface area contributed by atoms with Crippen molar-refractivity contribution in [3.63, 3.8) is 0 Å². The molecule has 0 saturated heterocycles. The maximum absolute atomic E-state index is 11.6. The second kappa shape index (κ2) is 6.33. The topological polar surface area (TPSA) is 107 Å². The molecule has 0 fully saturated rings. The Morgan fingerprint density at radius 3 is 2.68 bits per heavy atom. The molecule has 1 heterocycles. The first-order chi connectivity index (χ1) is 10.4. The molecule has 0 radical (unpaired) electrons. The van der Waals surface area contributed by atoms with E-state index in [0.717, 1.165) is 0 Å². The fourth-order valence-corrected chi connectivity index (χ4v) is 2.15. The molecular weight excluding hydrogens is 292 g/mol. The van der Waals surface area contributed by atoms with Crippen LogP contribution in [0.25, 0.3) is 0 Å². The molecule has 8 heteroatoms. The lowest BCUT2D eigenvalue weighted by atomic mass is 10.2. The van der Waals surface area contributed by atoms with Crippen LogP contribution in [0.1, 0.15) is 6.42 Å². The minimum Gasteiger partial charge on any atom is -0.482 e. The molecule has 1 aliphatic rings. The van der Waals surface area contributed by atoms with E-state index in [1.165, 1.54) is 9.80 Å². The summed E-state index contributed by atoms with van der Waals surface area (Å²) in [6.07, 6.45) is -0.185. The first-order valence-electron chi connectivity index (χ1n) is 6.60. The molecule has 0 aromatic heterocycles. The van der Waals surface area contributed by atoms with Crippen LogP contribution < -0.4 is 14.5 Å². The van der Waals surface area contributed by atoms with Crippen LogP contribution in [0.5, 0.6) is 5.75 Å². The number of nitrogens with zero attached hydrogens (tertiary/aromatic N) is 2. The molecule has 0 unspecified atom stereocenters. The molecule has 1 aromatic rings. The van der Waals surface area contributed by atoms with E-state index in [4.69, 9.17) is 14.9 Å². The molecule has 0 aliphatic carbocycles. The van der Waals surface area contributed by atoms with Gasteiger partial charge in [-0.25, -0.2) is 0 Å². The quantitative estimate of drug-likeness (QED) is 0.783. The number of aliphatic carboxylic acids is 2. The van der Waals surface area contributed by atoms with E-state index >= 15 is 0 Å². The minimum absolute atomic E-state index is 0.0410. The van der Waals surface area contributed by atoms with Gasteiger partial charge in [0.2, 0.25) is 0 Å². The Hall–Kier alpha value is -2.77. The Kier molecular flexibility index (Phi) is 4.50. The van der Waals surface area contributed by atoms with E-state index in [2.05, 4.69) is 0 Å². The van der Waals surface area contributed by atoms with Crippen molar-refractivity contribution in [3.05, 3.63) is 18.2 Å². The van der Waals surface area contributed by atoms with E-state index in [9.17, 15) is 14.4 Å². The number of likely N-dealkylation sites (N-methyl/N-ethyl adjacent to an activating group) is 1. The van der Waals surface area contributed by atoms with Crippen molar-refractivity contribution >= 4 is 29.2 Å². The summed E-state index contributed by atoms with van der Waals surface area (Å²) in [5.41, 5.74) is 1.05. The van der Waals surface area contributed by atoms with E-state index in [0.29, 0.717) is 17.1 Å². The summed E-state index contributed by atoms with van der Waals surface area (Å²) >= 11 is 0. The van der Waals surface area contributed by atoms with Gasteiger partial charge in [-0.05, 0) is 18.2 Å². The molecular formula is C14H16N2O6. The number of carboxylic acid groups (broad SMARTS) is 2. The minimum atomic E-state index is -1.07. The normalized spacial score (nSPS) is 13.3. The smallest absolute Gasteiger partial charge is 0.323 e. The van der Waals surface area contributed by atoms with Crippen LogP contribution in [0.2, 0.25) is 0 Å². The van der Waals surface area contributed by atoms with Gasteiger partial charge < -0.3 is 24.7 Å². The lowest BCUT2D eigenvalue weighted by Gasteiger charge is -2.29. The number of carboxylic acids is 2. The van der Waals surface area contributed by atoms with Crippen LogP contribution in [0.4, 0.5) is 11.4 Å². The number of hydrogen-bond donors (Lipinski definition) is 2. The zero-order valence-corrected chi connectivity index (χ0v) is 12.0. The standard InChI is InChI=1S/C14H16N2O6/c1-15-10-6-9(2-3-11(10)22-8-12(15)17)16(7-14(20)21)5-4-13(18)19/h2-3,6H,4-5,7-8H2,1H3,(H,18,19)(H,20,21). The maximum atomic E-state index is 11.6. The highest BCUT2D eigenvalue weighted by Gasteiger charge is 2.23. The van der Waals surface area contributed by atoms with Crippen molar-refractivity contribution in [3.8, 4) is 5.75 Å². The highest BCUT2D eigenvalue weighted by Crippen LogP contribution is 2.34. The van der Waals surface area contributed by atoms with Gasteiger partial charge in [0.25, 0.3) is 5.91 Å². The molecule has 2 N–H and O–H groups in total. The van der Waals surface area contributed by atoms with Crippen LogP contribution in [0.3, 0.4) is 0 Å². The second-order valence-corrected chi connectivity index (χ2v) is 4.85. The monoisotopic (exact) mass is 308 g/mol. The third-order valence-corrected chi connectivity index (χ3v) is 3.32. The highest BCUT2D eigenvalue weighted by molar-refractivity contribution is 5.98. The Balaban J connectivity index is 2.29. The van der Waals surface area contributed by atoms with Crippen molar-refractivity contribution in [1.29, 1.82) is 0 Å². The average molecular weight is 308 g/mol. The highest BCUT2D eigenvalue weighted by atomic mass is 16.5. The molecule has 1 aromatic carbocycles. The number of fused-ring (bicyclic) bond motifs is 1. The van der Waals surface area contributed by atoms with Gasteiger partial charge in [0.15, 0.2) is 6.61 Å². The zero-order chi connectivity index (χ0) is 16.3. The maximum Gasteiger partial charge on any atom is 0.323 e. The molecule has 8 nitrogen and oxygen atoms in total. The van der Waals surface area contributed by atoms with Gasteiger partial charge in [-0.3, -0.25) is 14.4 Å². The van der Waals surface area contributed by atoms with Crippen LogP contribution in [0.15, 0.2) is 18.2 Å².